The van der Waals surface area contributed by atoms with Crippen molar-refractivity contribution in [3.05, 3.63) is 30.3 Å². The average molecular weight is 201 g/mol. The van der Waals surface area contributed by atoms with Crippen LogP contribution in [0, 0.1) is 0 Å². The van der Waals surface area contributed by atoms with E-state index < -0.39 is 11.1 Å². The molecule has 0 heterocycles. The van der Waals surface area contributed by atoms with Crippen LogP contribution in [0.3, 0.4) is 0 Å². The van der Waals surface area contributed by atoms with Crippen LogP contribution in [0.1, 0.15) is 0 Å². The van der Waals surface area contributed by atoms with Crippen molar-refractivity contribution in [3.63, 3.8) is 0 Å². The summed E-state index contributed by atoms with van der Waals surface area (Å²) < 4.78 is 13.9. The Morgan fingerprint density at radius 2 is 1.77 bits per heavy atom. The fourth-order valence-electron chi connectivity index (χ4n) is 0.605. The van der Waals surface area contributed by atoms with Gasteiger partial charge in [0.15, 0.2) is 11.1 Å². The van der Waals surface area contributed by atoms with Gasteiger partial charge in [0.1, 0.15) is 0 Å². The van der Waals surface area contributed by atoms with Gasteiger partial charge in [-0.15, -0.1) is 0 Å². The Balaban J connectivity index is 0.000000252. The highest BCUT2D eigenvalue weighted by Crippen LogP contribution is 2.01. The maximum Gasteiger partial charge on any atom is 0.151 e. The van der Waals surface area contributed by atoms with Gasteiger partial charge in [0, 0.05) is 19.0 Å². The molecule has 1 aromatic rings. The molecule has 74 valence electrons. The zero-order chi connectivity index (χ0) is 10.1. The van der Waals surface area contributed by atoms with Crippen LogP contribution >= 0.6 is 0 Å². The average Bonchev–Trinajstić information content (AvgIpc) is 2.20. The minimum atomic E-state index is -1.07. The highest BCUT2D eigenvalue weighted by molar-refractivity contribution is 7.79. The molecule has 0 spiro atoms. The summed E-state index contributed by atoms with van der Waals surface area (Å²) in [4.78, 5) is 0. The standard InChI is InChI=1S/C7H9N.C2H6O2S/c1-8-7-5-3-2-4-6-7;1-4-5(2)3/h2-6,8H,1H3;1-2H3. The molecule has 3 nitrogen and oxygen atoms in total. The highest BCUT2D eigenvalue weighted by Gasteiger charge is 1.77. The van der Waals surface area contributed by atoms with Gasteiger partial charge in [-0.2, -0.15) is 0 Å². The molecule has 0 fully saturated rings. The van der Waals surface area contributed by atoms with Gasteiger partial charge < -0.3 is 5.32 Å². The van der Waals surface area contributed by atoms with Crippen LogP contribution in [0.2, 0.25) is 0 Å². The van der Waals surface area contributed by atoms with Gasteiger partial charge in [-0.05, 0) is 12.1 Å². The van der Waals surface area contributed by atoms with Crippen LogP contribution in [-0.2, 0) is 15.3 Å². The second kappa shape index (κ2) is 7.76. The Bertz CT molecular complexity index is 239. The smallest absolute Gasteiger partial charge is 0.151 e. The molecule has 1 N–H and O–H groups in total. The Kier molecular flexibility index (Phi) is 7.24. The molecule has 0 amide bonds. The van der Waals surface area contributed by atoms with Crippen molar-refractivity contribution in [2.24, 2.45) is 0 Å². The predicted molar refractivity (Wildman–Crippen MR) is 57.1 cm³/mol. The second-order valence-corrected chi connectivity index (χ2v) is 3.32. The lowest BCUT2D eigenvalue weighted by atomic mass is 10.3. The van der Waals surface area contributed by atoms with E-state index in [-0.39, 0.29) is 0 Å². The van der Waals surface area contributed by atoms with E-state index in [4.69, 9.17) is 0 Å². The Hall–Kier alpha value is -0.870. The summed E-state index contributed by atoms with van der Waals surface area (Å²) in [5.74, 6) is 0. The second-order valence-electron chi connectivity index (χ2n) is 2.18. The number of nitrogens with one attached hydrogen (secondary N) is 1. The molecule has 0 aliphatic rings. The Morgan fingerprint density at radius 1 is 1.31 bits per heavy atom. The summed E-state index contributed by atoms with van der Waals surface area (Å²) in [5.41, 5.74) is 1.16. The zero-order valence-corrected chi connectivity index (χ0v) is 8.93. The van der Waals surface area contributed by atoms with Gasteiger partial charge in [-0.25, -0.2) is 4.21 Å². The first-order valence-corrected chi connectivity index (χ1v) is 5.29. The van der Waals surface area contributed by atoms with Crippen molar-refractivity contribution in [3.8, 4) is 0 Å². The molecule has 0 bridgehead atoms. The molecule has 1 rings (SSSR count). The largest absolute Gasteiger partial charge is 0.388 e. The monoisotopic (exact) mass is 201 g/mol. The van der Waals surface area contributed by atoms with Crippen LogP contribution in [0.15, 0.2) is 30.3 Å². The van der Waals surface area contributed by atoms with Crippen LogP contribution < -0.4 is 5.32 Å². The van der Waals surface area contributed by atoms with Crippen LogP contribution in [0.25, 0.3) is 0 Å². The quantitative estimate of drug-likeness (QED) is 0.790. The lowest BCUT2D eigenvalue weighted by Crippen LogP contribution is -1.84. The molecule has 0 saturated heterocycles. The number of hydrogen-bond donors (Lipinski definition) is 1. The fraction of sp³-hybridized carbons (Fsp3) is 0.333. The van der Waals surface area contributed by atoms with Crippen molar-refractivity contribution < 1.29 is 8.39 Å². The number of benzene rings is 1. The van der Waals surface area contributed by atoms with Crippen molar-refractivity contribution in [2.45, 2.75) is 0 Å². The Morgan fingerprint density at radius 3 is 2.00 bits per heavy atom. The first kappa shape index (κ1) is 12.1. The number of anilines is 1. The van der Waals surface area contributed by atoms with E-state index in [0.717, 1.165) is 5.69 Å². The molecule has 4 heteroatoms. The summed E-state index contributed by atoms with van der Waals surface area (Å²) in [6.45, 7) is 0. The molecule has 0 aliphatic carbocycles. The van der Waals surface area contributed by atoms with Crippen molar-refractivity contribution in [1.82, 2.24) is 0 Å². The van der Waals surface area contributed by atoms with E-state index in [1.807, 2.05) is 37.4 Å². The van der Waals surface area contributed by atoms with Gasteiger partial charge in [-0.3, -0.25) is 4.18 Å². The molecule has 0 aromatic heterocycles. The fourth-order valence-corrected chi connectivity index (χ4v) is 0.605. The number of rotatable bonds is 2. The van der Waals surface area contributed by atoms with Gasteiger partial charge in [0.05, 0.1) is 7.11 Å². The van der Waals surface area contributed by atoms with Gasteiger partial charge >= 0.3 is 0 Å². The Labute approximate surface area is 81.8 Å². The minimum absolute atomic E-state index is 1.07. The third-order valence-electron chi connectivity index (χ3n) is 1.30. The summed E-state index contributed by atoms with van der Waals surface area (Å²) in [5, 5.41) is 3.03. The van der Waals surface area contributed by atoms with Crippen molar-refractivity contribution in [2.75, 3.05) is 25.7 Å². The summed E-state index contributed by atoms with van der Waals surface area (Å²) in [6, 6.07) is 10.1. The summed E-state index contributed by atoms with van der Waals surface area (Å²) in [6.07, 6.45) is 1.47. The number of hydrogen-bond acceptors (Lipinski definition) is 3. The van der Waals surface area contributed by atoms with Crippen LogP contribution in [0.5, 0.6) is 0 Å². The van der Waals surface area contributed by atoms with Crippen molar-refractivity contribution >= 4 is 16.8 Å². The molecule has 0 saturated carbocycles. The lowest BCUT2D eigenvalue weighted by molar-refractivity contribution is 0.450. The highest BCUT2D eigenvalue weighted by atomic mass is 32.2. The van der Waals surface area contributed by atoms with E-state index in [1.165, 1.54) is 13.4 Å². The maximum absolute atomic E-state index is 9.70. The molecule has 0 aliphatic heterocycles. The first-order chi connectivity index (χ1) is 6.20. The predicted octanol–water partition coefficient (Wildman–Crippen LogP) is 1.65. The maximum atomic E-state index is 9.70. The third kappa shape index (κ3) is 7.49. The third-order valence-corrected chi connectivity index (χ3v) is 1.77. The van der Waals surface area contributed by atoms with E-state index in [2.05, 4.69) is 9.50 Å². The lowest BCUT2D eigenvalue weighted by Gasteiger charge is -1.94. The normalized spacial score (nSPS) is 11.0. The van der Waals surface area contributed by atoms with Gasteiger partial charge in [0.25, 0.3) is 0 Å². The SMILES string of the molecule is CNc1ccccc1.COS(C)=O. The molecule has 0 radical (unpaired) electrons. The van der Waals surface area contributed by atoms with E-state index in [0.29, 0.717) is 0 Å². The topological polar surface area (TPSA) is 38.3 Å². The molecule has 1 unspecified atom stereocenters. The van der Waals surface area contributed by atoms with E-state index in [9.17, 15) is 4.21 Å². The molecular formula is C9H15NO2S. The summed E-state index contributed by atoms with van der Waals surface area (Å²) >= 11 is -1.07. The molecule has 13 heavy (non-hydrogen) atoms. The van der Waals surface area contributed by atoms with E-state index >= 15 is 0 Å². The van der Waals surface area contributed by atoms with Crippen LogP contribution in [0.4, 0.5) is 5.69 Å². The zero-order valence-electron chi connectivity index (χ0n) is 8.11. The summed E-state index contributed by atoms with van der Waals surface area (Å²) in [7, 11) is 3.31. The van der Waals surface area contributed by atoms with Crippen LogP contribution in [-0.4, -0.2) is 24.6 Å². The molecule has 1 atom stereocenters. The number of para-hydroxylation sites is 1. The molecule has 1 aromatic carbocycles. The van der Waals surface area contributed by atoms with E-state index in [1.54, 1.807) is 0 Å². The molecular weight excluding hydrogens is 186 g/mol. The van der Waals surface area contributed by atoms with Crippen molar-refractivity contribution in [1.29, 1.82) is 0 Å². The van der Waals surface area contributed by atoms with Gasteiger partial charge in [-0.1, -0.05) is 18.2 Å². The minimum Gasteiger partial charge on any atom is -0.388 e. The van der Waals surface area contributed by atoms with Gasteiger partial charge in [0.2, 0.25) is 0 Å². The first-order valence-electron chi connectivity index (χ1n) is 3.81.